The van der Waals surface area contributed by atoms with Crippen LogP contribution in [-0.2, 0) is 9.59 Å². The number of aromatic nitrogens is 3. The van der Waals surface area contributed by atoms with E-state index < -0.39 is 11.8 Å². The van der Waals surface area contributed by atoms with Gasteiger partial charge in [0.25, 0.3) is 11.8 Å². The van der Waals surface area contributed by atoms with Gasteiger partial charge >= 0.3 is 0 Å². The van der Waals surface area contributed by atoms with Crippen molar-refractivity contribution in [1.29, 1.82) is 0 Å². The van der Waals surface area contributed by atoms with Crippen LogP contribution in [0.15, 0.2) is 30.9 Å². The van der Waals surface area contributed by atoms with Gasteiger partial charge in [-0.3, -0.25) is 20.2 Å². The van der Waals surface area contributed by atoms with Gasteiger partial charge in [-0.1, -0.05) is 19.7 Å². The SMILES string of the molecule is C=Cc1nc(NC(=O)C(=C)C)nc(NC(=O)C(=C)C)n1. The highest BCUT2D eigenvalue weighted by atomic mass is 16.2. The maximum atomic E-state index is 11.5. The molecule has 0 aliphatic carbocycles. The van der Waals surface area contributed by atoms with Crippen LogP contribution in [0.1, 0.15) is 19.7 Å². The zero-order valence-electron chi connectivity index (χ0n) is 11.4. The summed E-state index contributed by atoms with van der Waals surface area (Å²) in [5.41, 5.74) is 0.608. The van der Waals surface area contributed by atoms with E-state index in [1.165, 1.54) is 6.08 Å². The highest BCUT2D eigenvalue weighted by Crippen LogP contribution is 2.08. The molecular formula is C13H15N5O2. The predicted octanol–water partition coefficient (Wildman–Crippen LogP) is 1.54. The van der Waals surface area contributed by atoms with Gasteiger partial charge in [0.15, 0.2) is 5.82 Å². The van der Waals surface area contributed by atoms with Crippen molar-refractivity contribution >= 4 is 29.8 Å². The molecule has 20 heavy (non-hydrogen) atoms. The smallest absolute Gasteiger partial charge is 0.253 e. The van der Waals surface area contributed by atoms with E-state index in [1.807, 2.05) is 0 Å². The maximum Gasteiger partial charge on any atom is 0.253 e. The predicted molar refractivity (Wildman–Crippen MR) is 76.8 cm³/mol. The lowest BCUT2D eigenvalue weighted by atomic mass is 10.3. The minimum absolute atomic E-state index is 0.0000784. The molecule has 0 atom stereocenters. The molecular weight excluding hydrogens is 258 g/mol. The van der Waals surface area contributed by atoms with Crippen molar-refractivity contribution in [2.45, 2.75) is 13.8 Å². The van der Waals surface area contributed by atoms with Crippen molar-refractivity contribution in [3.8, 4) is 0 Å². The molecule has 0 aliphatic rings. The first kappa shape index (κ1) is 15.2. The summed E-state index contributed by atoms with van der Waals surface area (Å²) < 4.78 is 0. The second kappa shape index (κ2) is 6.37. The van der Waals surface area contributed by atoms with Crippen molar-refractivity contribution in [2.75, 3.05) is 10.6 Å². The first-order valence-corrected chi connectivity index (χ1v) is 5.65. The first-order chi connectivity index (χ1) is 9.33. The molecule has 7 heteroatoms. The molecule has 0 radical (unpaired) electrons. The molecule has 1 rings (SSSR count). The van der Waals surface area contributed by atoms with Crippen LogP contribution in [0, 0.1) is 0 Å². The fourth-order valence-corrected chi connectivity index (χ4v) is 1.01. The Hall–Kier alpha value is -2.83. The molecule has 2 N–H and O–H groups in total. The maximum absolute atomic E-state index is 11.5. The normalized spacial score (nSPS) is 9.50. The van der Waals surface area contributed by atoms with Crippen LogP contribution in [-0.4, -0.2) is 26.8 Å². The average molecular weight is 273 g/mol. The lowest BCUT2D eigenvalue weighted by molar-refractivity contribution is -0.113. The molecule has 1 heterocycles. The number of hydrogen-bond donors (Lipinski definition) is 2. The van der Waals surface area contributed by atoms with Gasteiger partial charge in [-0.15, -0.1) is 0 Å². The minimum Gasteiger partial charge on any atom is -0.291 e. The molecule has 0 bridgehead atoms. The van der Waals surface area contributed by atoms with Gasteiger partial charge in [-0.05, 0) is 19.9 Å². The number of nitrogens with zero attached hydrogens (tertiary/aromatic N) is 3. The summed E-state index contributed by atoms with van der Waals surface area (Å²) in [4.78, 5) is 34.8. The Balaban J connectivity index is 3.05. The van der Waals surface area contributed by atoms with E-state index in [0.29, 0.717) is 11.1 Å². The molecule has 0 saturated carbocycles. The van der Waals surface area contributed by atoms with E-state index in [2.05, 4.69) is 45.3 Å². The number of carbonyl (C=O) groups is 2. The van der Waals surface area contributed by atoms with Crippen molar-refractivity contribution < 1.29 is 9.59 Å². The monoisotopic (exact) mass is 273 g/mol. The molecule has 7 nitrogen and oxygen atoms in total. The summed E-state index contributed by atoms with van der Waals surface area (Å²) in [6.07, 6.45) is 1.37. The number of amides is 2. The van der Waals surface area contributed by atoms with E-state index in [9.17, 15) is 9.59 Å². The van der Waals surface area contributed by atoms with Gasteiger partial charge in [0.05, 0.1) is 0 Å². The van der Waals surface area contributed by atoms with Crippen LogP contribution >= 0.6 is 0 Å². The van der Waals surface area contributed by atoms with Crippen LogP contribution in [0.2, 0.25) is 0 Å². The zero-order valence-corrected chi connectivity index (χ0v) is 11.4. The van der Waals surface area contributed by atoms with Crippen molar-refractivity contribution in [3.63, 3.8) is 0 Å². The van der Waals surface area contributed by atoms with Crippen LogP contribution in [0.5, 0.6) is 0 Å². The topological polar surface area (TPSA) is 96.9 Å². The fraction of sp³-hybridized carbons (Fsp3) is 0.154. The van der Waals surface area contributed by atoms with Gasteiger partial charge in [-0.2, -0.15) is 15.0 Å². The van der Waals surface area contributed by atoms with Crippen molar-refractivity contribution in [3.05, 3.63) is 36.7 Å². The third-order valence-corrected chi connectivity index (χ3v) is 2.06. The minimum atomic E-state index is -0.427. The molecule has 0 saturated heterocycles. The summed E-state index contributed by atoms with van der Waals surface area (Å²) >= 11 is 0. The Kier molecular flexibility index (Phi) is 4.85. The molecule has 0 aromatic carbocycles. The largest absolute Gasteiger partial charge is 0.291 e. The molecule has 1 aromatic rings. The first-order valence-electron chi connectivity index (χ1n) is 5.65. The van der Waals surface area contributed by atoms with Gasteiger partial charge in [0, 0.05) is 11.1 Å². The van der Waals surface area contributed by atoms with E-state index in [0.717, 1.165) is 0 Å². The standard InChI is InChI=1S/C13H15N5O2/c1-6-9-14-12(16-10(19)7(2)3)18-13(15-9)17-11(20)8(4)5/h6H,1-2,4H2,3,5H3,(H2,14,15,16,17,18,19,20). The number of carbonyl (C=O) groups excluding carboxylic acids is 2. The van der Waals surface area contributed by atoms with Gasteiger partial charge in [0.1, 0.15) is 0 Å². The van der Waals surface area contributed by atoms with E-state index in [4.69, 9.17) is 0 Å². The van der Waals surface area contributed by atoms with Gasteiger partial charge in [0.2, 0.25) is 11.9 Å². The van der Waals surface area contributed by atoms with Gasteiger partial charge in [-0.25, -0.2) is 0 Å². The molecule has 0 fully saturated rings. The van der Waals surface area contributed by atoms with E-state index >= 15 is 0 Å². The van der Waals surface area contributed by atoms with Gasteiger partial charge < -0.3 is 0 Å². The Morgan fingerprint density at radius 2 is 1.35 bits per heavy atom. The summed E-state index contributed by atoms with van der Waals surface area (Å²) in [5.74, 6) is -0.638. The van der Waals surface area contributed by atoms with Crippen molar-refractivity contribution in [2.24, 2.45) is 0 Å². The third kappa shape index (κ3) is 4.13. The third-order valence-electron chi connectivity index (χ3n) is 2.06. The molecule has 2 amide bonds. The lowest BCUT2D eigenvalue weighted by Crippen LogP contribution is -2.19. The summed E-state index contributed by atoms with van der Waals surface area (Å²) in [7, 11) is 0. The number of hydrogen-bond acceptors (Lipinski definition) is 5. The Morgan fingerprint density at radius 1 is 0.950 bits per heavy atom. The second-order valence-electron chi connectivity index (χ2n) is 4.01. The van der Waals surface area contributed by atoms with Crippen molar-refractivity contribution in [1.82, 2.24) is 15.0 Å². The Bertz CT molecular complexity index is 561. The summed E-state index contributed by atoms with van der Waals surface area (Å²) in [6.45, 7) is 13.6. The zero-order chi connectivity index (χ0) is 15.3. The number of rotatable bonds is 5. The van der Waals surface area contributed by atoms with E-state index in [-0.39, 0.29) is 17.7 Å². The van der Waals surface area contributed by atoms with E-state index in [1.54, 1.807) is 13.8 Å². The molecule has 104 valence electrons. The Labute approximate surface area is 116 Å². The molecule has 1 aromatic heterocycles. The Morgan fingerprint density at radius 3 is 1.65 bits per heavy atom. The fourth-order valence-electron chi connectivity index (χ4n) is 1.01. The van der Waals surface area contributed by atoms with Crippen LogP contribution < -0.4 is 10.6 Å². The molecule has 0 spiro atoms. The number of nitrogens with one attached hydrogen (secondary N) is 2. The summed E-state index contributed by atoms with van der Waals surface area (Å²) in [6, 6.07) is 0. The van der Waals surface area contributed by atoms with Crippen LogP contribution in [0.4, 0.5) is 11.9 Å². The highest BCUT2D eigenvalue weighted by molar-refractivity contribution is 6.03. The lowest BCUT2D eigenvalue weighted by Gasteiger charge is -2.07. The second-order valence-corrected chi connectivity index (χ2v) is 4.01. The molecule has 0 aliphatic heterocycles. The molecule has 0 unspecified atom stereocenters. The quantitative estimate of drug-likeness (QED) is 0.793. The summed E-state index contributed by atoms with van der Waals surface area (Å²) in [5, 5.41) is 4.87. The van der Waals surface area contributed by atoms with Crippen LogP contribution in [0.3, 0.4) is 0 Å². The average Bonchev–Trinajstić information content (AvgIpc) is 2.37. The number of anilines is 2. The highest BCUT2D eigenvalue weighted by Gasteiger charge is 2.11. The van der Waals surface area contributed by atoms with Crippen LogP contribution in [0.25, 0.3) is 6.08 Å².